The number of carboxylic acid groups (broad SMARTS) is 1. The first-order chi connectivity index (χ1) is 12.1. The lowest BCUT2D eigenvalue weighted by molar-refractivity contribution is -0.385. The third-order valence-corrected chi connectivity index (χ3v) is 5.09. The van der Waals surface area contributed by atoms with Crippen LogP contribution < -0.4 is 4.72 Å². The summed E-state index contributed by atoms with van der Waals surface area (Å²) >= 11 is 0. The van der Waals surface area contributed by atoms with Crippen LogP contribution in [-0.2, 0) is 21.2 Å². The Bertz CT molecular complexity index is 940. The minimum absolute atomic E-state index is 0.0916. The number of hydrogen-bond donors (Lipinski definition) is 3. The van der Waals surface area contributed by atoms with Crippen LogP contribution in [0.15, 0.2) is 47.4 Å². The van der Waals surface area contributed by atoms with Crippen molar-refractivity contribution in [3.05, 3.63) is 63.7 Å². The molecule has 0 spiro atoms. The van der Waals surface area contributed by atoms with Gasteiger partial charge in [-0.2, -0.15) is 4.72 Å². The molecular formula is C16H16N2O7S. The Morgan fingerprint density at radius 3 is 2.38 bits per heavy atom. The summed E-state index contributed by atoms with van der Waals surface area (Å²) < 4.78 is 26.8. The fourth-order valence-electron chi connectivity index (χ4n) is 2.23. The van der Waals surface area contributed by atoms with Crippen LogP contribution in [0.5, 0.6) is 5.75 Å². The Morgan fingerprint density at radius 2 is 1.85 bits per heavy atom. The van der Waals surface area contributed by atoms with Gasteiger partial charge in [0.05, 0.1) is 9.82 Å². The minimum Gasteiger partial charge on any atom is -0.502 e. The number of hydrogen-bond acceptors (Lipinski definition) is 6. The average Bonchev–Trinajstić information content (AvgIpc) is 2.55. The number of aliphatic carboxylic acids is 1. The number of nitro benzene ring substituents is 1. The van der Waals surface area contributed by atoms with E-state index in [9.17, 15) is 33.5 Å². The van der Waals surface area contributed by atoms with Crippen molar-refractivity contribution in [3.63, 3.8) is 0 Å². The van der Waals surface area contributed by atoms with Crippen LogP contribution in [0.3, 0.4) is 0 Å². The van der Waals surface area contributed by atoms with Crippen molar-refractivity contribution in [1.29, 1.82) is 0 Å². The molecule has 0 aromatic heterocycles. The lowest BCUT2D eigenvalue weighted by atomic mass is 10.1. The molecule has 0 amide bonds. The maximum absolute atomic E-state index is 12.4. The fourth-order valence-corrected chi connectivity index (χ4v) is 3.42. The van der Waals surface area contributed by atoms with Crippen LogP contribution in [0.2, 0.25) is 0 Å². The molecule has 138 valence electrons. The van der Waals surface area contributed by atoms with E-state index in [1.165, 1.54) is 18.2 Å². The fraction of sp³-hybridized carbons (Fsp3) is 0.188. The molecule has 0 saturated heterocycles. The first-order valence-electron chi connectivity index (χ1n) is 7.38. The lowest BCUT2D eigenvalue weighted by Gasteiger charge is -2.15. The second-order valence-electron chi connectivity index (χ2n) is 5.61. The van der Waals surface area contributed by atoms with E-state index in [0.717, 1.165) is 17.7 Å². The van der Waals surface area contributed by atoms with E-state index in [1.54, 1.807) is 19.1 Å². The summed E-state index contributed by atoms with van der Waals surface area (Å²) in [6.07, 6.45) is -0.332. The summed E-state index contributed by atoms with van der Waals surface area (Å²) in [6.45, 7) is 1.78. The highest BCUT2D eigenvalue weighted by Crippen LogP contribution is 2.27. The normalized spacial score (nSPS) is 12.5. The number of nitrogens with one attached hydrogen (secondary N) is 1. The highest BCUT2D eigenvalue weighted by atomic mass is 32.2. The van der Waals surface area contributed by atoms with Gasteiger partial charge in [-0.3, -0.25) is 14.9 Å². The van der Waals surface area contributed by atoms with Crippen LogP contribution in [0, 0.1) is 17.0 Å². The van der Waals surface area contributed by atoms with Gasteiger partial charge in [-0.15, -0.1) is 0 Å². The molecule has 2 aromatic rings. The van der Waals surface area contributed by atoms with E-state index in [4.69, 9.17) is 0 Å². The van der Waals surface area contributed by atoms with Crippen molar-refractivity contribution in [2.24, 2.45) is 0 Å². The predicted molar refractivity (Wildman–Crippen MR) is 91.4 cm³/mol. The van der Waals surface area contributed by atoms with Gasteiger partial charge >= 0.3 is 11.7 Å². The summed E-state index contributed by atoms with van der Waals surface area (Å²) in [4.78, 5) is 21.4. The Labute approximate surface area is 149 Å². The zero-order valence-electron chi connectivity index (χ0n) is 13.6. The molecule has 10 heteroatoms. The molecule has 0 saturated carbocycles. The van der Waals surface area contributed by atoms with Gasteiger partial charge in [-0.25, -0.2) is 8.42 Å². The van der Waals surface area contributed by atoms with Gasteiger partial charge in [0.1, 0.15) is 6.04 Å². The average molecular weight is 380 g/mol. The molecule has 2 rings (SSSR count). The lowest BCUT2D eigenvalue weighted by Crippen LogP contribution is -2.42. The number of sulfonamides is 1. The number of aromatic hydroxyl groups is 1. The van der Waals surface area contributed by atoms with Crippen LogP contribution in [0.4, 0.5) is 5.69 Å². The van der Waals surface area contributed by atoms with Gasteiger partial charge in [-0.1, -0.05) is 23.8 Å². The number of carboxylic acids is 1. The van der Waals surface area contributed by atoms with Crippen molar-refractivity contribution in [3.8, 4) is 5.75 Å². The molecule has 26 heavy (non-hydrogen) atoms. The quantitative estimate of drug-likeness (QED) is 0.488. The molecule has 0 unspecified atom stereocenters. The monoisotopic (exact) mass is 380 g/mol. The number of phenolic OH excluding ortho intramolecular Hbond substituents is 1. The molecule has 0 fully saturated rings. The van der Waals surface area contributed by atoms with Crippen molar-refractivity contribution in [1.82, 2.24) is 4.72 Å². The summed E-state index contributed by atoms with van der Waals surface area (Å²) in [5, 5.41) is 29.6. The largest absolute Gasteiger partial charge is 0.502 e. The Kier molecular flexibility index (Phi) is 5.58. The molecule has 3 N–H and O–H groups in total. The van der Waals surface area contributed by atoms with Gasteiger partial charge in [0.25, 0.3) is 0 Å². The van der Waals surface area contributed by atoms with Crippen molar-refractivity contribution >= 4 is 21.7 Å². The third-order valence-electron chi connectivity index (χ3n) is 3.60. The number of aryl methyl sites for hydroxylation is 1. The molecule has 1 atom stereocenters. The summed E-state index contributed by atoms with van der Waals surface area (Å²) in [5.74, 6) is -2.00. The number of benzene rings is 2. The standard InChI is InChI=1S/C16H16N2O7S/c1-10-2-5-12(6-3-10)26(24,25)17-13(16(20)21)8-11-4-7-15(19)14(9-11)18(22)23/h2-7,9,13,17,19H,8H2,1H3,(H,20,21)/t13-/m0/s1. The molecular weight excluding hydrogens is 364 g/mol. The number of nitro groups is 1. The van der Waals surface area contributed by atoms with Gasteiger partial charge in [0.2, 0.25) is 10.0 Å². The van der Waals surface area contributed by atoms with Crippen LogP contribution >= 0.6 is 0 Å². The SMILES string of the molecule is Cc1ccc(S(=O)(=O)N[C@@H](Cc2ccc(O)c([N+](=O)[O-])c2)C(=O)O)cc1. The molecule has 0 heterocycles. The first-order valence-corrected chi connectivity index (χ1v) is 8.86. The smallest absolute Gasteiger partial charge is 0.322 e. The zero-order chi connectivity index (χ0) is 19.5. The molecule has 0 radical (unpaired) electrons. The van der Waals surface area contributed by atoms with E-state index >= 15 is 0 Å². The summed E-state index contributed by atoms with van der Waals surface area (Å²) in [6, 6.07) is 7.67. The van der Waals surface area contributed by atoms with Crippen LogP contribution in [-0.4, -0.2) is 35.6 Å². The first kappa shape index (κ1) is 19.3. The zero-order valence-corrected chi connectivity index (χ0v) is 14.4. The highest BCUT2D eigenvalue weighted by Gasteiger charge is 2.26. The number of nitrogens with zero attached hydrogens (tertiary/aromatic N) is 1. The van der Waals surface area contributed by atoms with E-state index in [1.807, 2.05) is 0 Å². The summed E-state index contributed by atoms with van der Waals surface area (Å²) in [5.41, 5.74) is 0.441. The third kappa shape index (κ3) is 4.55. The molecule has 0 aliphatic heterocycles. The van der Waals surface area contributed by atoms with Gasteiger partial charge in [0, 0.05) is 6.07 Å². The van der Waals surface area contributed by atoms with Crippen LogP contribution in [0.1, 0.15) is 11.1 Å². The second-order valence-corrected chi connectivity index (χ2v) is 7.32. The van der Waals surface area contributed by atoms with Crippen molar-refractivity contribution in [2.45, 2.75) is 24.3 Å². The maximum Gasteiger partial charge on any atom is 0.322 e. The molecule has 0 aliphatic carbocycles. The highest BCUT2D eigenvalue weighted by molar-refractivity contribution is 7.89. The van der Waals surface area contributed by atoms with Gasteiger partial charge in [-0.05, 0) is 37.1 Å². The Morgan fingerprint density at radius 1 is 1.23 bits per heavy atom. The topological polar surface area (TPSA) is 147 Å². The van der Waals surface area contributed by atoms with Gasteiger partial charge < -0.3 is 10.2 Å². The van der Waals surface area contributed by atoms with Crippen molar-refractivity contribution in [2.75, 3.05) is 0 Å². The molecule has 0 aliphatic rings. The van der Waals surface area contributed by atoms with E-state index < -0.39 is 38.4 Å². The van der Waals surface area contributed by atoms with E-state index in [-0.39, 0.29) is 16.9 Å². The number of carbonyl (C=O) groups is 1. The molecule has 9 nitrogen and oxygen atoms in total. The number of phenols is 1. The predicted octanol–water partition coefficient (Wildman–Crippen LogP) is 1.58. The molecule has 0 bridgehead atoms. The van der Waals surface area contributed by atoms with Crippen LogP contribution in [0.25, 0.3) is 0 Å². The van der Waals surface area contributed by atoms with Gasteiger partial charge in [0.15, 0.2) is 5.75 Å². The Balaban J connectivity index is 2.27. The van der Waals surface area contributed by atoms with E-state index in [0.29, 0.717) is 0 Å². The maximum atomic E-state index is 12.4. The van der Waals surface area contributed by atoms with E-state index in [2.05, 4.69) is 4.72 Å². The second kappa shape index (κ2) is 7.50. The molecule has 2 aromatic carbocycles. The summed E-state index contributed by atoms with van der Waals surface area (Å²) in [7, 11) is -4.09. The number of rotatable bonds is 7. The Hall–Kier alpha value is -2.98. The minimum atomic E-state index is -4.09. The van der Waals surface area contributed by atoms with Crippen molar-refractivity contribution < 1.29 is 28.3 Å².